The van der Waals surface area contributed by atoms with Gasteiger partial charge in [0.05, 0.1) is 0 Å². The summed E-state index contributed by atoms with van der Waals surface area (Å²) in [5.74, 6) is -0.0913. The number of nitrogens with zero attached hydrogens (tertiary/aromatic N) is 1. The lowest BCUT2D eigenvalue weighted by Gasteiger charge is -2.31. The van der Waals surface area contributed by atoms with Gasteiger partial charge < -0.3 is 10.2 Å². The number of aryl methyl sites for hydroxylation is 1. The minimum Gasteiger partial charge on any atom is -0.354 e. The molecule has 3 aromatic rings. The van der Waals surface area contributed by atoms with Crippen LogP contribution in [0.3, 0.4) is 0 Å². The van der Waals surface area contributed by atoms with Gasteiger partial charge in [-0.3, -0.25) is 9.59 Å². The van der Waals surface area contributed by atoms with E-state index >= 15 is 0 Å². The van der Waals surface area contributed by atoms with Crippen LogP contribution in [0.15, 0.2) is 84.9 Å². The average Bonchev–Trinajstić information content (AvgIpc) is 2.90. The molecule has 1 atom stereocenters. The van der Waals surface area contributed by atoms with E-state index < -0.39 is 6.04 Å². The molecule has 0 saturated carbocycles. The molecule has 3 rings (SSSR count). The number of hydrogen-bond acceptors (Lipinski definition) is 2. The van der Waals surface area contributed by atoms with E-state index in [0.29, 0.717) is 32.4 Å². The average molecular weight is 499 g/mol. The smallest absolute Gasteiger partial charge is 0.243 e. The minimum atomic E-state index is -0.574. The first-order valence-corrected chi connectivity index (χ1v) is 13.5. The third-order valence-corrected chi connectivity index (χ3v) is 6.74. The molecule has 0 fully saturated rings. The van der Waals surface area contributed by atoms with Crippen LogP contribution in [0, 0.1) is 0 Å². The molecular formula is C33H42N2O2. The van der Waals surface area contributed by atoms with Gasteiger partial charge in [-0.05, 0) is 40.5 Å². The van der Waals surface area contributed by atoms with E-state index in [1.807, 2.05) is 60.7 Å². The number of amides is 2. The standard InChI is InChI=1S/C33H42N2O2/c1-5-6-23-34-32(37)30(24-27-13-9-7-10-14-27)35(25-28-15-11-8-12-16-28)31(36)22-19-26-17-20-29(21-18-26)33(2,3)4/h7-18,20-21,30H,5-6,19,22-25H2,1-4H3,(H,34,37)/t30-/m1/s1. The molecule has 4 nitrogen and oxygen atoms in total. The summed E-state index contributed by atoms with van der Waals surface area (Å²) in [6.07, 6.45) is 3.40. The van der Waals surface area contributed by atoms with Gasteiger partial charge in [0.1, 0.15) is 6.04 Å². The molecule has 0 bridgehead atoms. The van der Waals surface area contributed by atoms with Crippen LogP contribution in [0.25, 0.3) is 0 Å². The third kappa shape index (κ3) is 8.89. The maximum Gasteiger partial charge on any atom is 0.243 e. The van der Waals surface area contributed by atoms with Crippen molar-refractivity contribution in [3.05, 3.63) is 107 Å². The number of hydrogen-bond donors (Lipinski definition) is 1. The summed E-state index contributed by atoms with van der Waals surface area (Å²) in [4.78, 5) is 29.0. The van der Waals surface area contributed by atoms with Crippen LogP contribution in [0.4, 0.5) is 0 Å². The van der Waals surface area contributed by atoms with Gasteiger partial charge in [0.25, 0.3) is 0 Å². The zero-order chi connectivity index (χ0) is 26.7. The SMILES string of the molecule is CCCCNC(=O)[C@@H](Cc1ccccc1)N(Cc1ccccc1)C(=O)CCc1ccc(C(C)(C)C)cc1. The van der Waals surface area contributed by atoms with Gasteiger partial charge in [-0.15, -0.1) is 0 Å². The molecule has 1 N–H and O–H groups in total. The first-order valence-electron chi connectivity index (χ1n) is 13.5. The van der Waals surface area contributed by atoms with Crippen molar-refractivity contribution >= 4 is 11.8 Å². The highest BCUT2D eigenvalue weighted by molar-refractivity contribution is 5.88. The highest BCUT2D eigenvalue weighted by atomic mass is 16.2. The van der Waals surface area contributed by atoms with Gasteiger partial charge in [0, 0.05) is 25.9 Å². The lowest BCUT2D eigenvalue weighted by atomic mass is 9.86. The third-order valence-electron chi connectivity index (χ3n) is 6.74. The Morgan fingerprint density at radius 2 is 1.41 bits per heavy atom. The first kappa shape index (κ1) is 28.2. The molecule has 0 aliphatic carbocycles. The number of unbranched alkanes of at least 4 members (excludes halogenated alkanes) is 1. The van der Waals surface area contributed by atoms with E-state index in [4.69, 9.17) is 0 Å². The van der Waals surface area contributed by atoms with E-state index in [0.717, 1.165) is 29.5 Å². The summed E-state index contributed by atoms with van der Waals surface area (Å²) in [6.45, 7) is 9.73. The predicted molar refractivity (Wildman–Crippen MR) is 152 cm³/mol. The Morgan fingerprint density at radius 3 is 1.97 bits per heavy atom. The van der Waals surface area contributed by atoms with Crippen molar-refractivity contribution in [2.45, 2.75) is 77.8 Å². The summed E-state index contributed by atoms with van der Waals surface area (Å²) < 4.78 is 0. The van der Waals surface area contributed by atoms with Crippen LogP contribution in [-0.2, 0) is 34.4 Å². The normalized spacial score (nSPS) is 12.1. The van der Waals surface area contributed by atoms with Crippen molar-refractivity contribution in [3.63, 3.8) is 0 Å². The summed E-state index contributed by atoms with van der Waals surface area (Å²) in [5.41, 5.74) is 4.57. The first-order chi connectivity index (χ1) is 17.8. The zero-order valence-corrected chi connectivity index (χ0v) is 22.9. The molecule has 3 aromatic carbocycles. The largest absolute Gasteiger partial charge is 0.354 e. The lowest BCUT2D eigenvalue weighted by molar-refractivity contribution is -0.141. The number of nitrogens with one attached hydrogen (secondary N) is 1. The fraction of sp³-hybridized carbons (Fsp3) is 0.394. The van der Waals surface area contributed by atoms with Gasteiger partial charge in [-0.2, -0.15) is 0 Å². The summed E-state index contributed by atoms with van der Waals surface area (Å²) in [7, 11) is 0. The monoisotopic (exact) mass is 498 g/mol. The fourth-order valence-corrected chi connectivity index (χ4v) is 4.41. The molecule has 4 heteroatoms. The molecule has 0 aliphatic rings. The van der Waals surface area contributed by atoms with Crippen molar-refractivity contribution in [3.8, 4) is 0 Å². The Bertz CT molecular complexity index is 1100. The summed E-state index contributed by atoms with van der Waals surface area (Å²) >= 11 is 0. The Hall–Kier alpha value is -3.40. The van der Waals surface area contributed by atoms with Crippen molar-refractivity contribution in [2.75, 3.05) is 6.54 Å². The van der Waals surface area contributed by atoms with Crippen LogP contribution >= 0.6 is 0 Å². The van der Waals surface area contributed by atoms with Crippen molar-refractivity contribution in [1.29, 1.82) is 0 Å². The van der Waals surface area contributed by atoms with Crippen LogP contribution in [-0.4, -0.2) is 29.3 Å². The molecule has 2 amide bonds. The maximum atomic E-state index is 13.8. The molecule has 196 valence electrons. The van der Waals surface area contributed by atoms with Crippen LogP contribution in [0.5, 0.6) is 0 Å². The highest BCUT2D eigenvalue weighted by Gasteiger charge is 2.30. The highest BCUT2D eigenvalue weighted by Crippen LogP contribution is 2.23. The molecular weight excluding hydrogens is 456 g/mol. The van der Waals surface area contributed by atoms with E-state index in [2.05, 4.69) is 57.3 Å². The lowest BCUT2D eigenvalue weighted by Crippen LogP contribution is -2.50. The molecule has 0 heterocycles. The topological polar surface area (TPSA) is 49.4 Å². The molecule has 37 heavy (non-hydrogen) atoms. The van der Waals surface area contributed by atoms with Gasteiger partial charge in [0.15, 0.2) is 0 Å². The summed E-state index contributed by atoms with van der Waals surface area (Å²) in [5, 5.41) is 3.09. The van der Waals surface area contributed by atoms with Crippen molar-refractivity contribution in [2.24, 2.45) is 0 Å². The van der Waals surface area contributed by atoms with Crippen molar-refractivity contribution in [1.82, 2.24) is 10.2 Å². The molecule has 0 saturated heterocycles. The van der Waals surface area contributed by atoms with Gasteiger partial charge >= 0.3 is 0 Å². The molecule has 0 unspecified atom stereocenters. The predicted octanol–water partition coefficient (Wildman–Crippen LogP) is 6.47. The fourth-order valence-electron chi connectivity index (χ4n) is 4.41. The molecule has 0 spiro atoms. The second kappa shape index (κ2) is 13.8. The zero-order valence-electron chi connectivity index (χ0n) is 22.9. The Balaban J connectivity index is 1.83. The second-order valence-electron chi connectivity index (χ2n) is 10.8. The van der Waals surface area contributed by atoms with Crippen molar-refractivity contribution < 1.29 is 9.59 Å². The number of benzene rings is 3. The van der Waals surface area contributed by atoms with Crippen LogP contribution in [0.1, 0.15) is 69.2 Å². The van der Waals surface area contributed by atoms with E-state index in [1.54, 1.807) is 4.90 Å². The van der Waals surface area contributed by atoms with E-state index in [1.165, 1.54) is 5.56 Å². The summed E-state index contributed by atoms with van der Waals surface area (Å²) in [6, 6.07) is 27.9. The second-order valence-corrected chi connectivity index (χ2v) is 10.8. The Morgan fingerprint density at radius 1 is 0.811 bits per heavy atom. The molecule has 0 radical (unpaired) electrons. The number of carbonyl (C=O) groups excluding carboxylic acids is 2. The Labute approximate surface area is 223 Å². The maximum absolute atomic E-state index is 13.8. The van der Waals surface area contributed by atoms with E-state index in [-0.39, 0.29) is 17.2 Å². The molecule has 0 aliphatic heterocycles. The van der Waals surface area contributed by atoms with Gasteiger partial charge in [-0.1, -0.05) is 119 Å². The minimum absolute atomic E-state index is 0.00433. The van der Waals surface area contributed by atoms with Gasteiger partial charge in [-0.25, -0.2) is 0 Å². The van der Waals surface area contributed by atoms with Crippen LogP contribution in [0.2, 0.25) is 0 Å². The molecule has 0 aromatic heterocycles. The van der Waals surface area contributed by atoms with Crippen LogP contribution < -0.4 is 5.32 Å². The van der Waals surface area contributed by atoms with E-state index in [9.17, 15) is 9.59 Å². The number of rotatable bonds is 12. The van der Waals surface area contributed by atoms with Gasteiger partial charge in [0.2, 0.25) is 11.8 Å². The number of carbonyl (C=O) groups is 2. The Kier molecular flexibility index (Phi) is 10.5. The quantitative estimate of drug-likeness (QED) is 0.291.